The average Bonchev–Trinajstić information content (AvgIpc) is 3.23. The van der Waals surface area contributed by atoms with Crippen LogP contribution >= 0.6 is 0 Å². The van der Waals surface area contributed by atoms with Crippen LogP contribution in [0.2, 0.25) is 0 Å². The quantitative estimate of drug-likeness (QED) is 0.363. The number of carbonyl (C=O) groups is 3. The number of amides is 3. The summed E-state index contributed by atoms with van der Waals surface area (Å²) in [4.78, 5) is 38.3. The van der Waals surface area contributed by atoms with E-state index in [2.05, 4.69) is 5.32 Å². The molecule has 0 saturated carbocycles. The Labute approximate surface area is 192 Å². The van der Waals surface area contributed by atoms with Gasteiger partial charge in [0.2, 0.25) is 0 Å². The normalized spacial score (nSPS) is 14.7. The maximum Gasteiger partial charge on any atom is 0.337 e. The molecule has 0 unspecified atom stereocenters. The largest absolute Gasteiger partial charge is 0.465 e. The van der Waals surface area contributed by atoms with Crippen molar-refractivity contribution in [2.24, 2.45) is 0 Å². The fourth-order valence-electron chi connectivity index (χ4n) is 3.94. The summed E-state index contributed by atoms with van der Waals surface area (Å²) in [6, 6.07) is 16.4. The van der Waals surface area contributed by atoms with Crippen LogP contribution in [0.1, 0.15) is 38.4 Å². The van der Waals surface area contributed by atoms with Crippen LogP contribution in [0.5, 0.6) is 0 Å². The third-order valence-corrected chi connectivity index (χ3v) is 5.74. The highest BCUT2D eigenvalue weighted by Crippen LogP contribution is 2.25. The molecular formula is C26H25N3O4. The van der Waals surface area contributed by atoms with Gasteiger partial charge in [-0.25, -0.2) is 9.59 Å². The van der Waals surface area contributed by atoms with Crippen molar-refractivity contribution in [1.82, 2.24) is 14.8 Å². The molecule has 0 atom stereocenters. The first kappa shape index (κ1) is 22.1. The van der Waals surface area contributed by atoms with Crippen LogP contribution in [-0.2, 0) is 16.1 Å². The molecule has 4 rings (SSSR count). The van der Waals surface area contributed by atoms with E-state index in [1.807, 2.05) is 67.8 Å². The van der Waals surface area contributed by atoms with Gasteiger partial charge in [-0.2, -0.15) is 0 Å². The fraction of sp³-hybridized carbons (Fsp3) is 0.192. The van der Waals surface area contributed by atoms with E-state index in [9.17, 15) is 14.4 Å². The molecule has 0 radical (unpaired) electrons. The summed E-state index contributed by atoms with van der Waals surface area (Å²) >= 11 is 0. The van der Waals surface area contributed by atoms with Crippen LogP contribution in [0.25, 0.3) is 11.8 Å². The van der Waals surface area contributed by atoms with Gasteiger partial charge in [0, 0.05) is 17.1 Å². The van der Waals surface area contributed by atoms with Gasteiger partial charge < -0.3 is 14.6 Å². The number of benzene rings is 2. The molecule has 0 bridgehead atoms. The lowest BCUT2D eigenvalue weighted by Crippen LogP contribution is -2.30. The molecule has 1 aliphatic rings. The van der Waals surface area contributed by atoms with Crippen LogP contribution in [-0.4, -0.2) is 34.5 Å². The number of imide groups is 1. The molecule has 1 fully saturated rings. The van der Waals surface area contributed by atoms with E-state index in [1.165, 1.54) is 12.0 Å². The number of aromatic nitrogens is 1. The summed E-state index contributed by atoms with van der Waals surface area (Å²) in [5.74, 6) is -0.744. The Morgan fingerprint density at radius 1 is 1.00 bits per heavy atom. The predicted octanol–water partition coefficient (Wildman–Crippen LogP) is 4.28. The minimum atomic E-state index is -0.431. The number of urea groups is 1. The van der Waals surface area contributed by atoms with Crippen LogP contribution < -0.4 is 5.32 Å². The maximum atomic E-state index is 12.9. The number of esters is 1. The molecule has 0 spiro atoms. The lowest BCUT2D eigenvalue weighted by molar-refractivity contribution is -0.123. The monoisotopic (exact) mass is 443 g/mol. The SMILES string of the molecule is COC(=O)c1ccc(-n2c(C)cc(/C=C3/NC(=O)N(Cc4ccc(C)cc4)C3=O)c2C)cc1. The second kappa shape index (κ2) is 8.78. The zero-order valence-electron chi connectivity index (χ0n) is 19.0. The lowest BCUT2D eigenvalue weighted by atomic mass is 10.1. The Morgan fingerprint density at radius 3 is 2.30 bits per heavy atom. The molecule has 1 saturated heterocycles. The summed E-state index contributed by atoms with van der Waals surface area (Å²) in [5.41, 5.74) is 6.29. The van der Waals surface area contributed by atoms with Crippen molar-refractivity contribution in [3.63, 3.8) is 0 Å². The number of aryl methyl sites for hydroxylation is 2. The van der Waals surface area contributed by atoms with Crippen molar-refractivity contribution >= 4 is 24.0 Å². The second-order valence-electron chi connectivity index (χ2n) is 8.07. The van der Waals surface area contributed by atoms with Crippen molar-refractivity contribution in [3.8, 4) is 5.69 Å². The number of carbonyl (C=O) groups excluding carboxylic acids is 3. The van der Waals surface area contributed by atoms with E-state index in [0.717, 1.165) is 33.8 Å². The zero-order valence-corrected chi connectivity index (χ0v) is 19.0. The number of ether oxygens (including phenoxy) is 1. The first-order valence-corrected chi connectivity index (χ1v) is 10.6. The minimum absolute atomic E-state index is 0.216. The molecule has 3 amide bonds. The van der Waals surface area contributed by atoms with Gasteiger partial charge in [0.05, 0.1) is 19.2 Å². The predicted molar refractivity (Wildman–Crippen MR) is 125 cm³/mol. The van der Waals surface area contributed by atoms with E-state index >= 15 is 0 Å². The first-order chi connectivity index (χ1) is 15.8. The Morgan fingerprint density at radius 2 is 1.67 bits per heavy atom. The molecular weight excluding hydrogens is 418 g/mol. The molecule has 3 aromatic rings. The molecule has 1 aromatic heterocycles. The highest BCUT2D eigenvalue weighted by molar-refractivity contribution is 6.14. The molecule has 7 heteroatoms. The Hall–Kier alpha value is -4.13. The first-order valence-electron chi connectivity index (χ1n) is 10.6. The smallest absolute Gasteiger partial charge is 0.337 e. The number of nitrogens with one attached hydrogen (secondary N) is 1. The Balaban J connectivity index is 1.59. The number of rotatable bonds is 5. The number of nitrogens with zero attached hydrogens (tertiary/aromatic N) is 2. The van der Waals surface area contributed by atoms with Crippen molar-refractivity contribution < 1.29 is 19.1 Å². The summed E-state index contributed by atoms with van der Waals surface area (Å²) in [7, 11) is 1.35. The van der Waals surface area contributed by atoms with Crippen LogP contribution in [0.15, 0.2) is 60.3 Å². The molecule has 7 nitrogen and oxygen atoms in total. The van der Waals surface area contributed by atoms with E-state index in [1.54, 1.807) is 18.2 Å². The van der Waals surface area contributed by atoms with Gasteiger partial charge in [-0.15, -0.1) is 0 Å². The standard InChI is InChI=1S/C26H25N3O4/c1-16-5-7-19(8-6-16)15-28-24(30)23(27-26(28)32)14-21-13-17(2)29(18(21)3)22-11-9-20(10-12-22)25(31)33-4/h5-14H,15H2,1-4H3,(H,27,32)/b23-14+. The molecule has 1 N–H and O–H groups in total. The second-order valence-corrected chi connectivity index (χ2v) is 8.07. The maximum absolute atomic E-state index is 12.9. The molecule has 33 heavy (non-hydrogen) atoms. The molecule has 168 valence electrons. The molecule has 0 aliphatic carbocycles. The number of hydrogen-bond acceptors (Lipinski definition) is 4. The zero-order chi connectivity index (χ0) is 23.7. The Kier molecular flexibility index (Phi) is 5.87. The summed E-state index contributed by atoms with van der Waals surface area (Å²) in [6.07, 6.45) is 1.71. The summed E-state index contributed by atoms with van der Waals surface area (Å²) in [5, 5.41) is 2.69. The van der Waals surface area contributed by atoms with Crippen molar-refractivity contribution in [2.75, 3.05) is 7.11 Å². The van der Waals surface area contributed by atoms with Crippen LogP contribution in [0.4, 0.5) is 4.79 Å². The lowest BCUT2D eigenvalue weighted by Gasteiger charge is -2.12. The van der Waals surface area contributed by atoms with Crippen molar-refractivity contribution in [3.05, 3.63) is 93.9 Å². The molecule has 2 heterocycles. The average molecular weight is 444 g/mol. The summed E-state index contributed by atoms with van der Waals surface area (Å²) in [6.45, 7) is 6.11. The third kappa shape index (κ3) is 4.30. The van der Waals surface area contributed by atoms with Crippen LogP contribution in [0, 0.1) is 20.8 Å². The Bertz CT molecular complexity index is 1270. The van der Waals surface area contributed by atoms with Gasteiger partial charge >= 0.3 is 12.0 Å². The van der Waals surface area contributed by atoms with Gasteiger partial charge in [0.25, 0.3) is 5.91 Å². The van der Waals surface area contributed by atoms with Gasteiger partial charge in [-0.3, -0.25) is 9.69 Å². The highest BCUT2D eigenvalue weighted by Gasteiger charge is 2.33. The van der Waals surface area contributed by atoms with Gasteiger partial charge in [-0.05, 0) is 68.3 Å². The third-order valence-electron chi connectivity index (χ3n) is 5.74. The highest BCUT2D eigenvalue weighted by atomic mass is 16.5. The number of hydrogen-bond donors (Lipinski definition) is 1. The van der Waals surface area contributed by atoms with E-state index in [-0.39, 0.29) is 18.1 Å². The molecule has 1 aliphatic heterocycles. The summed E-state index contributed by atoms with van der Waals surface area (Å²) < 4.78 is 6.78. The van der Waals surface area contributed by atoms with E-state index in [4.69, 9.17) is 4.74 Å². The van der Waals surface area contributed by atoms with E-state index < -0.39 is 12.0 Å². The van der Waals surface area contributed by atoms with Crippen molar-refractivity contribution in [2.45, 2.75) is 27.3 Å². The van der Waals surface area contributed by atoms with E-state index in [0.29, 0.717) is 5.56 Å². The van der Waals surface area contributed by atoms with Crippen LogP contribution in [0.3, 0.4) is 0 Å². The molecule has 2 aromatic carbocycles. The minimum Gasteiger partial charge on any atom is -0.465 e. The van der Waals surface area contributed by atoms with Gasteiger partial charge in [-0.1, -0.05) is 29.8 Å². The van der Waals surface area contributed by atoms with Gasteiger partial charge in [0.15, 0.2) is 0 Å². The van der Waals surface area contributed by atoms with Crippen molar-refractivity contribution in [1.29, 1.82) is 0 Å². The number of methoxy groups -OCH3 is 1. The topological polar surface area (TPSA) is 80.6 Å². The van der Waals surface area contributed by atoms with Gasteiger partial charge in [0.1, 0.15) is 5.70 Å². The fourth-order valence-corrected chi connectivity index (χ4v) is 3.94.